The van der Waals surface area contributed by atoms with E-state index in [1.54, 1.807) is 0 Å². The van der Waals surface area contributed by atoms with Crippen LogP contribution >= 0.6 is 11.8 Å². The van der Waals surface area contributed by atoms with Gasteiger partial charge in [0.15, 0.2) is 0 Å². The molecule has 1 aromatic heterocycles. The normalized spacial score (nSPS) is 16.6. The van der Waals surface area contributed by atoms with Crippen molar-refractivity contribution < 1.29 is 14.3 Å². The molecule has 1 aliphatic carbocycles. The summed E-state index contributed by atoms with van der Waals surface area (Å²) in [6, 6.07) is 1.03. The number of carboxylic acids is 1. The Morgan fingerprint density at radius 1 is 1.50 bits per heavy atom. The molecule has 86 valence electrons. The van der Waals surface area contributed by atoms with Gasteiger partial charge in [-0.05, 0) is 18.9 Å². The first-order valence-electron chi connectivity index (χ1n) is 5.22. The van der Waals surface area contributed by atoms with Gasteiger partial charge in [0.2, 0.25) is 0 Å². The maximum Gasteiger partial charge on any atom is 0.338 e. The first-order valence-corrected chi connectivity index (χ1v) is 6.10. The van der Waals surface area contributed by atoms with Crippen LogP contribution in [0.2, 0.25) is 0 Å². The summed E-state index contributed by atoms with van der Waals surface area (Å²) >= 11 is 1.46. The Balaban J connectivity index is 2.21. The first-order chi connectivity index (χ1) is 7.66. The summed E-state index contributed by atoms with van der Waals surface area (Å²) in [4.78, 5) is 14.8. The van der Waals surface area contributed by atoms with Gasteiger partial charge in [-0.3, -0.25) is 0 Å². The van der Waals surface area contributed by atoms with E-state index in [1.807, 2.05) is 0 Å². The SMILES string of the molecule is O=C(O)c1cc(F)cnc1SC1CCCC1. The largest absolute Gasteiger partial charge is 0.478 e. The highest BCUT2D eigenvalue weighted by atomic mass is 32.2. The van der Waals surface area contributed by atoms with Crippen molar-refractivity contribution in [2.24, 2.45) is 0 Å². The van der Waals surface area contributed by atoms with E-state index in [0.717, 1.165) is 25.1 Å². The van der Waals surface area contributed by atoms with Crippen molar-refractivity contribution >= 4 is 17.7 Å². The lowest BCUT2D eigenvalue weighted by Gasteiger charge is -2.09. The number of aromatic nitrogens is 1. The molecule has 0 saturated heterocycles. The smallest absolute Gasteiger partial charge is 0.338 e. The van der Waals surface area contributed by atoms with Crippen LogP contribution in [0.5, 0.6) is 0 Å². The zero-order valence-corrected chi connectivity index (χ0v) is 9.47. The average molecular weight is 241 g/mol. The molecule has 1 aromatic rings. The molecule has 1 saturated carbocycles. The van der Waals surface area contributed by atoms with E-state index in [9.17, 15) is 9.18 Å². The zero-order chi connectivity index (χ0) is 11.5. The van der Waals surface area contributed by atoms with Crippen LogP contribution in [-0.4, -0.2) is 21.3 Å². The fraction of sp³-hybridized carbons (Fsp3) is 0.455. The van der Waals surface area contributed by atoms with Crippen LogP contribution in [0.3, 0.4) is 0 Å². The minimum atomic E-state index is -1.12. The summed E-state index contributed by atoms with van der Waals surface area (Å²) in [5.74, 6) is -1.72. The van der Waals surface area contributed by atoms with Gasteiger partial charge >= 0.3 is 5.97 Å². The number of pyridine rings is 1. The number of aromatic carboxylic acids is 1. The molecule has 0 atom stereocenters. The molecule has 0 aliphatic heterocycles. The molecule has 0 amide bonds. The van der Waals surface area contributed by atoms with Crippen molar-refractivity contribution in [3.8, 4) is 0 Å². The fourth-order valence-electron chi connectivity index (χ4n) is 1.84. The topological polar surface area (TPSA) is 50.2 Å². The molecular formula is C11H12FNO2S. The molecule has 1 fully saturated rings. The summed E-state index contributed by atoms with van der Waals surface area (Å²) in [7, 11) is 0. The number of carboxylic acid groups (broad SMARTS) is 1. The quantitative estimate of drug-likeness (QED) is 0.883. The molecule has 1 heterocycles. The van der Waals surface area contributed by atoms with E-state index < -0.39 is 11.8 Å². The zero-order valence-electron chi connectivity index (χ0n) is 8.65. The highest BCUT2D eigenvalue weighted by molar-refractivity contribution is 7.99. The second kappa shape index (κ2) is 4.82. The summed E-state index contributed by atoms with van der Waals surface area (Å²) < 4.78 is 12.9. The van der Waals surface area contributed by atoms with Crippen LogP contribution in [0.25, 0.3) is 0 Å². The molecular weight excluding hydrogens is 229 g/mol. The van der Waals surface area contributed by atoms with Crippen molar-refractivity contribution in [1.29, 1.82) is 0 Å². The number of hydrogen-bond acceptors (Lipinski definition) is 3. The van der Waals surface area contributed by atoms with Gasteiger partial charge in [0, 0.05) is 5.25 Å². The molecule has 16 heavy (non-hydrogen) atoms. The number of hydrogen-bond donors (Lipinski definition) is 1. The highest BCUT2D eigenvalue weighted by Crippen LogP contribution is 2.35. The van der Waals surface area contributed by atoms with Gasteiger partial charge in [0.25, 0.3) is 0 Å². The van der Waals surface area contributed by atoms with E-state index in [1.165, 1.54) is 24.6 Å². The second-order valence-corrected chi connectivity index (χ2v) is 5.12. The van der Waals surface area contributed by atoms with E-state index in [-0.39, 0.29) is 5.56 Å². The van der Waals surface area contributed by atoms with Gasteiger partial charge < -0.3 is 5.11 Å². The van der Waals surface area contributed by atoms with Crippen molar-refractivity contribution in [3.05, 3.63) is 23.6 Å². The molecule has 0 unspecified atom stereocenters. The maximum absolute atomic E-state index is 12.9. The van der Waals surface area contributed by atoms with Gasteiger partial charge in [-0.2, -0.15) is 0 Å². The van der Waals surface area contributed by atoms with Crippen molar-refractivity contribution in [3.63, 3.8) is 0 Å². The van der Waals surface area contributed by atoms with E-state index in [2.05, 4.69) is 4.98 Å². The van der Waals surface area contributed by atoms with Gasteiger partial charge in [-0.15, -0.1) is 11.8 Å². The number of carbonyl (C=O) groups is 1. The van der Waals surface area contributed by atoms with Crippen LogP contribution in [0.4, 0.5) is 4.39 Å². The lowest BCUT2D eigenvalue weighted by atomic mass is 10.3. The number of halogens is 1. The predicted octanol–water partition coefficient (Wildman–Crippen LogP) is 2.95. The van der Waals surface area contributed by atoms with Gasteiger partial charge in [-0.1, -0.05) is 12.8 Å². The van der Waals surface area contributed by atoms with Crippen molar-refractivity contribution in [1.82, 2.24) is 4.98 Å². The van der Waals surface area contributed by atoms with Gasteiger partial charge in [-0.25, -0.2) is 14.2 Å². The molecule has 1 aliphatic rings. The highest BCUT2D eigenvalue weighted by Gasteiger charge is 2.21. The predicted molar refractivity (Wildman–Crippen MR) is 59.3 cm³/mol. The molecule has 0 aromatic carbocycles. The maximum atomic E-state index is 12.9. The molecule has 0 radical (unpaired) electrons. The van der Waals surface area contributed by atoms with Crippen LogP contribution in [0.15, 0.2) is 17.3 Å². The Labute approximate surface area is 97.1 Å². The lowest BCUT2D eigenvalue weighted by Crippen LogP contribution is -2.04. The third-order valence-electron chi connectivity index (χ3n) is 2.63. The fourth-order valence-corrected chi connectivity index (χ4v) is 3.11. The van der Waals surface area contributed by atoms with Gasteiger partial charge in [0.05, 0.1) is 11.8 Å². The Hall–Kier alpha value is -1.10. The molecule has 0 spiro atoms. The van der Waals surface area contributed by atoms with Crippen LogP contribution in [0.1, 0.15) is 36.0 Å². The van der Waals surface area contributed by atoms with E-state index >= 15 is 0 Å². The minimum Gasteiger partial charge on any atom is -0.478 e. The Bertz CT molecular complexity index is 405. The standard InChI is InChI=1S/C11H12FNO2S/c12-7-5-9(11(14)15)10(13-6-7)16-8-3-1-2-4-8/h5-6,8H,1-4H2,(H,14,15). The Morgan fingerprint density at radius 3 is 2.81 bits per heavy atom. The van der Waals surface area contributed by atoms with E-state index in [0.29, 0.717) is 10.3 Å². The number of rotatable bonds is 3. The van der Waals surface area contributed by atoms with Crippen LogP contribution in [0, 0.1) is 5.82 Å². The van der Waals surface area contributed by atoms with Crippen molar-refractivity contribution in [2.75, 3.05) is 0 Å². The minimum absolute atomic E-state index is 0.0306. The monoisotopic (exact) mass is 241 g/mol. The second-order valence-electron chi connectivity index (χ2n) is 3.84. The molecule has 0 bridgehead atoms. The third kappa shape index (κ3) is 2.52. The average Bonchev–Trinajstić information content (AvgIpc) is 2.73. The molecule has 3 nitrogen and oxygen atoms in total. The molecule has 2 rings (SSSR count). The first kappa shape index (κ1) is 11.4. The van der Waals surface area contributed by atoms with Crippen LogP contribution < -0.4 is 0 Å². The Morgan fingerprint density at radius 2 is 2.19 bits per heavy atom. The Kier molecular flexibility index (Phi) is 3.43. The summed E-state index contributed by atoms with van der Waals surface area (Å²) in [6.07, 6.45) is 5.61. The van der Waals surface area contributed by atoms with Crippen LogP contribution in [-0.2, 0) is 0 Å². The summed E-state index contributed by atoms with van der Waals surface area (Å²) in [6.45, 7) is 0. The van der Waals surface area contributed by atoms with E-state index in [4.69, 9.17) is 5.11 Å². The lowest BCUT2D eigenvalue weighted by molar-refractivity contribution is 0.0691. The third-order valence-corrected chi connectivity index (χ3v) is 3.98. The number of thioether (sulfide) groups is 1. The summed E-state index contributed by atoms with van der Waals surface area (Å²) in [5, 5.41) is 9.80. The molecule has 5 heteroatoms. The van der Waals surface area contributed by atoms with Crippen molar-refractivity contribution in [2.45, 2.75) is 36.0 Å². The number of nitrogens with zero attached hydrogens (tertiary/aromatic N) is 1. The molecule has 1 N–H and O–H groups in total. The summed E-state index contributed by atoms with van der Waals surface area (Å²) in [5.41, 5.74) is -0.0306. The van der Waals surface area contributed by atoms with Gasteiger partial charge in [0.1, 0.15) is 10.8 Å².